The van der Waals surface area contributed by atoms with E-state index in [1.54, 1.807) is 0 Å². The predicted molar refractivity (Wildman–Crippen MR) is 84.9 cm³/mol. The molecule has 0 unspecified atom stereocenters. The lowest BCUT2D eigenvalue weighted by atomic mass is 9.89. The largest absolute Gasteiger partial charge is 0.506 e. The van der Waals surface area contributed by atoms with Crippen molar-refractivity contribution in [2.45, 2.75) is 43.9 Å². The Morgan fingerprint density at radius 1 is 1.28 bits per heavy atom. The highest BCUT2D eigenvalue weighted by Crippen LogP contribution is 2.37. The third-order valence-electron chi connectivity index (χ3n) is 3.88. The Hall–Kier alpha value is -1.87. The first-order valence-corrected chi connectivity index (χ1v) is 7.86. The molecule has 0 aliphatic carbocycles. The van der Waals surface area contributed by atoms with Crippen LogP contribution in [0.15, 0.2) is 18.2 Å². The summed E-state index contributed by atoms with van der Waals surface area (Å²) < 4.78 is 15.3. The van der Waals surface area contributed by atoms with Crippen molar-refractivity contribution in [2.75, 3.05) is 7.11 Å². The van der Waals surface area contributed by atoms with E-state index < -0.39 is 42.5 Å². The van der Waals surface area contributed by atoms with Crippen LogP contribution in [0.5, 0.6) is 5.75 Å². The number of rotatable bonds is 4. The molecule has 25 heavy (non-hydrogen) atoms. The summed E-state index contributed by atoms with van der Waals surface area (Å²) in [6.07, 6.45) is -6.62. The molecule has 5 atom stereocenters. The Kier molecular flexibility index (Phi) is 6.23. The number of carbonyl (C=O) groups excluding carboxylic acids is 2. The Morgan fingerprint density at radius 2 is 1.96 bits per heavy atom. The zero-order chi connectivity index (χ0) is 18.7. The van der Waals surface area contributed by atoms with Gasteiger partial charge in [0.1, 0.15) is 30.2 Å². The molecule has 1 aliphatic rings. The number of ether oxygens (including phenoxy) is 3. The monoisotopic (exact) mass is 374 g/mol. The number of methoxy groups -OCH3 is 1. The highest BCUT2D eigenvalue weighted by molar-refractivity contribution is 6.32. The van der Waals surface area contributed by atoms with Crippen molar-refractivity contribution < 1.29 is 39.1 Å². The van der Waals surface area contributed by atoms with Crippen LogP contribution in [-0.2, 0) is 23.8 Å². The minimum absolute atomic E-state index is 0.110. The van der Waals surface area contributed by atoms with Crippen LogP contribution in [0, 0.1) is 0 Å². The van der Waals surface area contributed by atoms with Gasteiger partial charge >= 0.3 is 11.9 Å². The number of aromatic hydroxyl groups is 1. The second-order valence-corrected chi connectivity index (χ2v) is 6.05. The van der Waals surface area contributed by atoms with Crippen molar-refractivity contribution in [3.05, 3.63) is 28.8 Å². The van der Waals surface area contributed by atoms with Gasteiger partial charge in [0.2, 0.25) is 0 Å². The molecule has 2 rings (SSSR count). The van der Waals surface area contributed by atoms with E-state index >= 15 is 0 Å². The SMILES string of the molecule is COC(=O)C[C@H]1O[C@H](c2ccc(Cl)c(O)c2)[C@@H](O)[C@@H](O)[C@@H]1OC(C)=O. The minimum atomic E-state index is -1.50. The summed E-state index contributed by atoms with van der Waals surface area (Å²) in [7, 11) is 1.19. The second kappa shape index (κ2) is 8.01. The molecule has 9 heteroatoms. The maximum Gasteiger partial charge on any atom is 0.308 e. The fourth-order valence-electron chi connectivity index (χ4n) is 2.67. The second-order valence-electron chi connectivity index (χ2n) is 5.64. The van der Waals surface area contributed by atoms with E-state index in [2.05, 4.69) is 4.74 Å². The normalized spacial score (nSPS) is 29.1. The van der Waals surface area contributed by atoms with Gasteiger partial charge in [-0.1, -0.05) is 17.7 Å². The van der Waals surface area contributed by atoms with Crippen molar-refractivity contribution in [2.24, 2.45) is 0 Å². The Bertz CT molecular complexity index is 649. The summed E-state index contributed by atoms with van der Waals surface area (Å²) in [6.45, 7) is 1.14. The number of carbonyl (C=O) groups is 2. The molecule has 138 valence electrons. The molecule has 0 bridgehead atoms. The van der Waals surface area contributed by atoms with Crippen molar-refractivity contribution >= 4 is 23.5 Å². The number of phenolic OH excluding ortho intramolecular Hbond substituents is 1. The van der Waals surface area contributed by atoms with Gasteiger partial charge in [0.15, 0.2) is 6.10 Å². The average molecular weight is 375 g/mol. The number of aliphatic hydroxyl groups excluding tert-OH is 2. The van der Waals surface area contributed by atoms with Crippen molar-refractivity contribution in [3.8, 4) is 5.75 Å². The molecule has 0 aromatic heterocycles. The highest BCUT2D eigenvalue weighted by Gasteiger charge is 2.47. The fraction of sp³-hybridized carbons (Fsp3) is 0.500. The third-order valence-corrected chi connectivity index (χ3v) is 4.20. The first-order chi connectivity index (χ1) is 11.7. The summed E-state index contributed by atoms with van der Waals surface area (Å²) in [6, 6.07) is 4.19. The smallest absolute Gasteiger partial charge is 0.308 e. The summed E-state index contributed by atoms with van der Waals surface area (Å²) in [5.74, 6) is -1.56. The van der Waals surface area contributed by atoms with Gasteiger partial charge < -0.3 is 29.5 Å². The molecule has 0 amide bonds. The third kappa shape index (κ3) is 4.40. The fourth-order valence-corrected chi connectivity index (χ4v) is 2.79. The molecule has 1 saturated heterocycles. The highest BCUT2D eigenvalue weighted by atomic mass is 35.5. The van der Waals surface area contributed by atoms with Crippen molar-refractivity contribution in [1.29, 1.82) is 0 Å². The lowest BCUT2D eigenvalue weighted by Crippen LogP contribution is -2.56. The molecule has 1 aliphatic heterocycles. The first-order valence-electron chi connectivity index (χ1n) is 7.48. The van der Waals surface area contributed by atoms with Crippen LogP contribution in [0.3, 0.4) is 0 Å². The topological polar surface area (TPSA) is 123 Å². The van der Waals surface area contributed by atoms with Crippen molar-refractivity contribution in [3.63, 3.8) is 0 Å². The maximum absolute atomic E-state index is 11.6. The molecular formula is C16H19ClO8. The van der Waals surface area contributed by atoms with E-state index in [0.29, 0.717) is 5.56 Å². The number of halogens is 1. The van der Waals surface area contributed by atoms with E-state index in [0.717, 1.165) is 6.92 Å². The lowest BCUT2D eigenvalue weighted by molar-refractivity contribution is -0.236. The van der Waals surface area contributed by atoms with Gasteiger partial charge in [-0.3, -0.25) is 9.59 Å². The number of aliphatic hydroxyl groups is 2. The molecule has 1 heterocycles. The maximum atomic E-state index is 11.6. The molecule has 8 nitrogen and oxygen atoms in total. The van der Waals surface area contributed by atoms with Gasteiger partial charge in [-0.15, -0.1) is 0 Å². The Labute approximate surface area is 148 Å². The average Bonchev–Trinajstić information content (AvgIpc) is 2.56. The predicted octanol–water partition coefficient (Wildman–Crippen LogP) is 0.702. The van der Waals surface area contributed by atoms with Gasteiger partial charge in [-0.05, 0) is 17.7 Å². The summed E-state index contributed by atoms with van der Waals surface area (Å²) in [5, 5.41) is 30.5. The van der Waals surface area contributed by atoms with E-state index in [4.69, 9.17) is 21.1 Å². The van der Waals surface area contributed by atoms with Gasteiger partial charge in [0, 0.05) is 6.92 Å². The Morgan fingerprint density at radius 3 is 2.52 bits per heavy atom. The van der Waals surface area contributed by atoms with E-state index in [9.17, 15) is 24.9 Å². The zero-order valence-corrected chi connectivity index (χ0v) is 14.3. The number of hydrogen-bond acceptors (Lipinski definition) is 8. The van der Waals surface area contributed by atoms with E-state index in [1.807, 2.05) is 0 Å². The van der Waals surface area contributed by atoms with Gasteiger partial charge in [-0.2, -0.15) is 0 Å². The number of esters is 2. The molecule has 0 saturated carbocycles. The molecule has 0 radical (unpaired) electrons. The number of benzene rings is 1. The summed E-state index contributed by atoms with van der Waals surface area (Å²) in [4.78, 5) is 22.9. The Balaban J connectivity index is 2.32. The van der Waals surface area contributed by atoms with Crippen LogP contribution < -0.4 is 0 Å². The summed E-state index contributed by atoms with van der Waals surface area (Å²) >= 11 is 5.76. The molecule has 1 aromatic rings. The van der Waals surface area contributed by atoms with Crippen LogP contribution in [0.2, 0.25) is 5.02 Å². The summed E-state index contributed by atoms with van der Waals surface area (Å²) in [5.41, 5.74) is 0.338. The first kappa shape index (κ1) is 19.5. The molecular weight excluding hydrogens is 356 g/mol. The van der Waals surface area contributed by atoms with Crippen molar-refractivity contribution in [1.82, 2.24) is 0 Å². The van der Waals surface area contributed by atoms with Gasteiger partial charge in [0.25, 0.3) is 0 Å². The molecule has 0 spiro atoms. The minimum Gasteiger partial charge on any atom is -0.506 e. The van der Waals surface area contributed by atoms with Gasteiger partial charge in [-0.25, -0.2) is 0 Å². The number of phenols is 1. The van der Waals surface area contributed by atoms with Gasteiger partial charge in [0.05, 0.1) is 18.6 Å². The molecule has 1 fully saturated rings. The van der Waals surface area contributed by atoms with E-state index in [-0.39, 0.29) is 17.2 Å². The van der Waals surface area contributed by atoms with E-state index in [1.165, 1.54) is 25.3 Å². The van der Waals surface area contributed by atoms with Crippen LogP contribution in [-0.4, -0.2) is 58.8 Å². The zero-order valence-electron chi connectivity index (χ0n) is 13.6. The molecule has 3 N–H and O–H groups in total. The van der Waals surface area contributed by atoms with Crippen LogP contribution >= 0.6 is 11.6 Å². The van der Waals surface area contributed by atoms with Crippen LogP contribution in [0.1, 0.15) is 25.0 Å². The number of hydrogen-bond donors (Lipinski definition) is 3. The lowest BCUT2D eigenvalue weighted by Gasteiger charge is -2.42. The quantitative estimate of drug-likeness (QED) is 0.658. The van der Waals surface area contributed by atoms with Crippen LogP contribution in [0.25, 0.3) is 0 Å². The van der Waals surface area contributed by atoms with Crippen LogP contribution in [0.4, 0.5) is 0 Å². The molecule has 1 aromatic carbocycles. The standard InChI is InChI=1S/C16H19ClO8/c1-7(18)24-16-11(6-12(20)23-2)25-15(13(21)14(16)22)8-3-4-9(17)10(19)5-8/h3-5,11,13-16,19,21-22H,6H2,1-2H3/t11-,13+,14-,15-,16-/m1/s1.